The van der Waals surface area contributed by atoms with Gasteiger partial charge in [0.25, 0.3) is 0 Å². The molecule has 3 nitrogen and oxygen atoms in total. The molecule has 1 fully saturated rings. The molecule has 2 aliphatic rings. The number of rotatable bonds is 2. The summed E-state index contributed by atoms with van der Waals surface area (Å²) in [6, 6.07) is 18.2. The van der Waals surface area contributed by atoms with Crippen molar-refractivity contribution >= 4 is 5.91 Å². The van der Waals surface area contributed by atoms with Gasteiger partial charge in [-0.1, -0.05) is 69.3 Å². The minimum atomic E-state index is 0.0490. The van der Waals surface area contributed by atoms with Gasteiger partial charge >= 0.3 is 0 Å². The molecule has 0 N–H and O–H groups in total. The lowest BCUT2D eigenvalue weighted by Gasteiger charge is -2.40. The maximum Gasteiger partial charge on any atom is 0.223 e. The first kappa shape index (κ1) is 19.2. The van der Waals surface area contributed by atoms with Crippen LogP contribution in [0.3, 0.4) is 0 Å². The van der Waals surface area contributed by atoms with Gasteiger partial charge in [0.2, 0.25) is 5.91 Å². The normalized spacial score (nSPS) is 18.3. The quantitative estimate of drug-likeness (QED) is 0.773. The van der Waals surface area contributed by atoms with E-state index in [0.717, 1.165) is 39.0 Å². The Kier molecular flexibility index (Phi) is 5.29. The molecule has 2 aromatic rings. The minimum absolute atomic E-state index is 0.0490. The number of hydrogen-bond donors (Lipinski definition) is 0. The van der Waals surface area contributed by atoms with Gasteiger partial charge in [-0.2, -0.15) is 0 Å². The Balaban J connectivity index is 1.58. The predicted octanol–water partition coefficient (Wildman–Crippen LogP) is 4.46. The molecule has 0 spiro atoms. The van der Waals surface area contributed by atoms with E-state index in [1.54, 1.807) is 0 Å². The Bertz CT molecular complexity index is 796. The van der Waals surface area contributed by atoms with Crippen molar-refractivity contribution in [3.05, 3.63) is 70.8 Å². The van der Waals surface area contributed by atoms with Crippen molar-refractivity contribution < 1.29 is 4.79 Å². The van der Waals surface area contributed by atoms with Crippen LogP contribution in [-0.4, -0.2) is 41.9 Å². The summed E-state index contributed by atoms with van der Waals surface area (Å²) in [5, 5.41) is 0. The van der Waals surface area contributed by atoms with Gasteiger partial charge in [-0.05, 0) is 40.5 Å². The SMILES string of the molecule is CC(C)(C)CC(=O)N1CCN(C2c3ccccc3CCc3ccccc32)CC1. The first-order valence-corrected chi connectivity index (χ1v) is 10.6. The number of carbonyl (C=O) groups is 1. The zero-order valence-corrected chi connectivity index (χ0v) is 17.4. The molecule has 1 saturated heterocycles. The highest BCUT2D eigenvalue weighted by molar-refractivity contribution is 5.77. The van der Waals surface area contributed by atoms with Crippen LogP contribution in [0.15, 0.2) is 48.5 Å². The molecule has 0 atom stereocenters. The molecule has 0 saturated carbocycles. The number of amides is 1. The van der Waals surface area contributed by atoms with E-state index in [-0.39, 0.29) is 5.41 Å². The van der Waals surface area contributed by atoms with Crippen molar-refractivity contribution in [1.82, 2.24) is 9.80 Å². The maximum atomic E-state index is 12.7. The van der Waals surface area contributed by atoms with Crippen LogP contribution in [0.4, 0.5) is 0 Å². The molecule has 1 amide bonds. The monoisotopic (exact) mass is 376 g/mol. The van der Waals surface area contributed by atoms with E-state index < -0.39 is 0 Å². The molecule has 0 aromatic heterocycles. The summed E-state index contributed by atoms with van der Waals surface area (Å²) in [6.07, 6.45) is 2.84. The summed E-state index contributed by atoms with van der Waals surface area (Å²) in [5.74, 6) is 0.300. The van der Waals surface area contributed by atoms with Gasteiger partial charge in [0.15, 0.2) is 0 Å². The third-order valence-corrected chi connectivity index (χ3v) is 6.08. The number of carbonyl (C=O) groups excluding carboxylic acids is 1. The van der Waals surface area contributed by atoms with Crippen LogP contribution in [0.25, 0.3) is 0 Å². The number of hydrogen-bond acceptors (Lipinski definition) is 2. The second kappa shape index (κ2) is 7.71. The second-order valence-corrected chi connectivity index (χ2v) is 9.45. The van der Waals surface area contributed by atoms with Crippen molar-refractivity contribution in [3.63, 3.8) is 0 Å². The first-order valence-electron chi connectivity index (χ1n) is 10.6. The fraction of sp³-hybridized carbons (Fsp3) is 0.480. The molecule has 2 aromatic carbocycles. The van der Waals surface area contributed by atoms with E-state index in [0.29, 0.717) is 18.4 Å². The van der Waals surface area contributed by atoms with Gasteiger partial charge in [0.05, 0.1) is 6.04 Å². The van der Waals surface area contributed by atoms with Gasteiger partial charge in [0, 0.05) is 32.6 Å². The average Bonchev–Trinajstić information content (AvgIpc) is 2.84. The van der Waals surface area contributed by atoms with Crippen molar-refractivity contribution in [2.45, 2.75) is 46.1 Å². The van der Waals surface area contributed by atoms with E-state index >= 15 is 0 Å². The molecule has 28 heavy (non-hydrogen) atoms. The van der Waals surface area contributed by atoms with Crippen molar-refractivity contribution in [1.29, 1.82) is 0 Å². The van der Waals surface area contributed by atoms with Gasteiger partial charge in [-0.25, -0.2) is 0 Å². The lowest BCUT2D eigenvalue weighted by molar-refractivity contribution is -0.135. The second-order valence-electron chi connectivity index (χ2n) is 9.45. The third-order valence-electron chi connectivity index (χ3n) is 6.08. The van der Waals surface area contributed by atoms with E-state index in [1.807, 2.05) is 0 Å². The highest BCUT2D eigenvalue weighted by Crippen LogP contribution is 2.37. The summed E-state index contributed by atoms with van der Waals surface area (Å²) < 4.78 is 0. The van der Waals surface area contributed by atoms with Crippen LogP contribution in [0.2, 0.25) is 0 Å². The van der Waals surface area contributed by atoms with Crippen LogP contribution in [0, 0.1) is 5.41 Å². The van der Waals surface area contributed by atoms with Crippen LogP contribution < -0.4 is 0 Å². The largest absolute Gasteiger partial charge is 0.340 e. The number of piperazine rings is 1. The molecule has 4 rings (SSSR count). The van der Waals surface area contributed by atoms with Crippen molar-refractivity contribution in [2.24, 2.45) is 5.41 Å². The van der Waals surface area contributed by atoms with E-state index in [4.69, 9.17) is 0 Å². The van der Waals surface area contributed by atoms with Crippen molar-refractivity contribution in [2.75, 3.05) is 26.2 Å². The Morgan fingerprint density at radius 1 is 0.857 bits per heavy atom. The average molecular weight is 377 g/mol. The lowest BCUT2D eigenvalue weighted by Crippen LogP contribution is -2.50. The number of fused-ring (bicyclic) bond motifs is 2. The Morgan fingerprint density at radius 3 is 1.86 bits per heavy atom. The molecular formula is C25H32N2O. The topological polar surface area (TPSA) is 23.6 Å². The standard InChI is InChI=1S/C25H32N2O/c1-25(2,3)18-23(28)26-14-16-27(17-15-26)24-21-10-6-4-8-19(21)12-13-20-9-5-7-11-22(20)24/h4-11,24H,12-18H2,1-3H3. The molecule has 0 unspecified atom stereocenters. The van der Waals surface area contributed by atoms with Gasteiger partial charge in [-0.3, -0.25) is 9.69 Å². The van der Waals surface area contributed by atoms with E-state index in [2.05, 4.69) is 79.1 Å². The van der Waals surface area contributed by atoms with Gasteiger partial charge in [-0.15, -0.1) is 0 Å². The minimum Gasteiger partial charge on any atom is -0.340 e. The zero-order valence-electron chi connectivity index (χ0n) is 17.4. The fourth-order valence-corrected chi connectivity index (χ4v) is 4.68. The summed E-state index contributed by atoms with van der Waals surface area (Å²) >= 11 is 0. The number of aryl methyl sites for hydroxylation is 2. The maximum absolute atomic E-state index is 12.7. The Hall–Kier alpha value is -2.13. The fourth-order valence-electron chi connectivity index (χ4n) is 4.68. The van der Waals surface area contributed by atoms with Crippen LogP contribution >= 0.6 is 0 Å². The van der Waals surface area contributed by atoms with Crippen LogP contribution in [-0.2, 0) is 17.6 Å². The third kappa shape index (κ3) is 4.00. The first-order chi connectivity index (χ1) is 13.4. The Morgan fingerprint density at radius 2 is 1.36 bits per heavy atom. The Labute approximate surface area is 169 Å². The zero-order chi connectivity index (χ0) is 19.7. The van der Waals surface area contributed by atoms with E-state index in [1.165, 1.54) is 22.3 Å². The lowest BCUT2D eigenvalue weighted by atomic mass is 9.91. The van der Waals surface area contributed by atoms with Crippen molar-refractivity contribution in [3.8, 4) is 0 Å². The molecule has 0 bridgehead atoms. The molecule has 1 heterocycles. The van der Waals surface area contributed by atoms with Gasteiger partial charge in [0.1, 0.15) is 0 Å². The molecular weight excluding hydrogens is 344 g/mol. The van der Waals surface area contributed by atoms with E-state index in [9.17, 15) is 4.79 Å². The smallest absolute Gasteiger partial charge is 0.223 e. The summed E-state index contributed by atoms with van der Waals surface area (Å²) in [4.78, 5) is 17.3. The van der Waals surface area contributed by atoms with Crippen LogP contribution in [0.5, 0.6) is 0 Å². The molecule has 1 aliphatic heterocycles. The molecule has 0 radical (unpaired) electrons. The summed E-state index contributed by atoms with van der Waals surface area (Å²) in [6.45, 7) is 9.94. The summed E-state index contributed by atoms with van der Waals surface area (Å²) in [5.41, 5.74) is 5.88. The van der Waals surface area contributed by atoms with Gasteiger partial charge < -0.3 is 4.90 Å². The predicted molar refractivity (Wildman–Crippen MR) is 114 cm³/mol. The highest BCUT2D eigenvalue weighted by atomic mass is 16.2. The van der Waals surface area contributed by atoms with Crippen LogP contribution in [0.1, 0.15) is 55.5 Å². The number of benzene rings is 2. The number of nitrogens with zero attached hydrogens (tertiary/aromatic N) is 2. The summed E-state index contributed by atoms with van der Waals surface area (Å²) in [7, 11) is 0. The highest BCUT2D eigenvalue weighted by Gasteiger charge is 2.32. The molecule has 1 aliphatic carbocycles. The molecule has 148 valence electrons. The molecule has 3 heteroatoms.